The largest absolute Gasteiger partial charge is 0.324 e. The Hall–Kier alpha value is -2.19. The second-order valence-corrected chi connectivity index (χ2v) is 5.07. The molecule has 1 aromatic heterocycles. The summed E-state index contributed by atoms with van der Waals surface area (Å²) in [4.78, 5) is 4.14. The molecule has 100 valence electrons. The van der Waals surface area contributed by atoms with Crippen LogP contribution < -0.4 is 5.73 Å². The summed E-state index contributed by atoms with van der Waals surface area (Å²) in [6.07, 6.45) is 5.60. The molecule has 0 amide bonds. The summed E-state index contributed by atoms with van der Waals surface area (Å²) in [5.74, 6) is 0. The van der Waals surface area contributed by atoms with E-state index in [0.29, 0.717) is 0 Å². The number of fused-ring (bicyclic) bond motifs is 1. The van der Waals surface area contributed by atoms with Gasteiger partial charge in [0.05, 0.1) is 0 Å². The van der Waals surface area contributed by atoms with Crippen molar-refractivity contribution in [1.29, 1.82) is 0 Å². The summed E-state index contributed by atoms with van der Waals surface area (Å²) in [5, 5.41) is 2.51. The molecule has 0 radical (unpaired) electrons. The highest BCUT2D eigenvalue weighted by Crippen LogP contribution is 2.25. The Kier molecular flexibility index (Phi) is 3.75. The van der Waals surface area contributed by atoms with Crippen molar-refractivity contribution in [2.75, 3.05) is 0 Å². The van der Waals surface area contributed by atoms with E-state index in [-0.39, 0.29) is 6.04 Å². The van der Waals surface area contributed by atoms with Gasteiger partial charge in [0.15, 0.2) is 0 Å². The number of nitrogens with two attached hydrogens (primary N) is 1. The lowest BCUT2D eigenvalue weighted by atomic mass is 9.95. The van der Waals surface area contributed by atoms with Crippen LogP contribution >= 0.6 is 0 Å². The van der Waals surface area contributed by atoms with Gasteiger partial charge >= 0.3 is 0 Å². The van der Waals surface area contributed by atoms with Gasteiger partial charge in [0, 0.05) is 18.4 Å². The van der Waals surface area contributed by atoms with E-state index in [4.69, 9.17) is 5.73 Å². The smallest absolute Gasteiger partial charge is 0.0304 e. The van der Waals surface area contributed by atoms with Crippen molar-refractivity contribution in [1.82, 2.24) is 4.98 Å². The molecule has 1 unspecified atom stereocenters. The lowest BCUT2D eigenvalue weighted by molar-refractivity contribution is 0.655. The van der Waals surface area contributed by atoms with Gasteiger partial charge in [-0.1, -0.05) is 48.5 Å². The highest BCUT2D eigenvalue weighted by Gasteiger charge is 2.09. The molecule has 0 fully saturated rings. The zero-order chi connectivity index (χ0) is 13.8. The summed E-state index contributed by atoms with van der Waals surface area (Å²) in [6.45, 7) is 0. The zero-order valence-electron chi connectivity index (χ0n) is 11.4. The van der Waals surface area contributed by atoms with E-state index < -0.39 is 0 Å². The van der Waals surface area contributed by atoms with Crippen LogP contribution in [0.4, 0.5) is 0 Å². The van der Waals surface area contributed by atoms with Gasteiger partial charge in [-0.2, -0.15) is 0 Å². The van der Waals surface area contributed by atoms with E-state index >= 15 is 0 Å². The number of aromatic nitrogens is 1. The number of pyridine rings is 1. The van der Waals surface area contributed by atoms with Crippen molar-refractivity contribution >= 4 is 10.8 Å². The number of aryl methyl sites for hydroxylation is 1. The zero-order valence-corrected chi connectivity index (χ0v) is 11.4. The van der Waals surface area contributed by atoms with E-state index in [9.17, 15) is 0 Å². The fraction of sp³-hybridized carbons (Fsp3) is 0.167. The maximum atomic E-state index is 6.39. The molecule has 0 saturated heterocycles. The fourth-order valence-corrected chi connectivity index (χ4v) is 2.60. The molecule has 0 aliphatic carbocycles. The minimum Gasteiger partial charge on any atom is -0.324 e. The van der Waals surface area contributed by atoms with Crippen LogP contribution in [0.25, 0.3) is 10.8 Å². The molecular formula is C18H18N2. The van der Waals surface area contributed by atoms with Crippen LogP contribution in [0.1, 0.15) is 23.6 Å². The van der Waals surface area contributed by atoms with Crippen molar-refractivity contribution < 1.29 is 0 Å². The van der Waals surface area contributed by atoms with E-state index in [1.165, 1.54) is 21.9 Å². The lowest BCUT2D eigenvalue weighted by Crippen LogP contribution is -2.11. The third-order valence-electron chi connectivity index (χ3n) is 3.69. The number of rotatable bonds is 4. The Labute approximate surface area is 119 Å². The van der Waals surface area contributed by atoms with Gasteiger partial charge in [-0.05, 0) is 40.8 Å². The molecule has 2 nitrogen and oxygen atoms in total. The Balaban J connectivity index is 1.80. The van der Waals surface area contributed by atoms with Crippen LogP contribution in [0.2, 0.25) is 0 Å². The summed E-state index contributed by atoms with van der Waals surface area (Å²) >= 11 is 0. The predicted molar refractivity (Wildman–Crippen MR) is 83.4 cm³/mol. The normalized spacial score (nSPS) is 12.4. The molecule has 2 aromatic carbocycles. The Morgan fingerprint density at radius 3 is 2.65 bits per heavy atom. The van der Waals surface area contributed by atoms with Crippen molar-refractivity contribution in [3.63, 3.8) is 0 Å². The first kappa shape index (κ1) is 12.8. The summed E-state index contributed by atoms with van der Waals surface area (Å²) < 4.78 is 0. The van der Waals surface area contributed by atoms with Crippen molar-refractivity contribution in [3.8, 4) is 0 Å². The first-order valence-electron chi connectivity index (χ1n) is 6.97. The van der Waals surface area contributed by atoms with Crippen molar-refractivity contribution in [2.45, 2.75) is 18.9 Å². The average Bonchev–Trinajstić information content (AvgIpc) is 2.53. The van der Waals surface area contributed by atoms with Gasteiger partial charge in [-0.25, -0.2) is 0 Å². The second kappa shape index (κ2) is 5.85. The molecule has 0 bridgehead atoms. The van der Waals surface area contributed by atoms with Gasteiger partial charge in [0.1, 0.15) is 0 Å². The Bertz CT molecular complexity index is 687. The third kappa shape index (κ3) is 2.70. The van der Waals surface area contributed by atoms with Gasteiger partial charge in [0.25, 0.3) is 0 Å². The highest BCUT2D eigenvalue weighted by atomic mass is 14.6. The maximum Gasteiger partial charge on any atom is 0.0304 e. The van der Waals surface area contributed by atoms with Gasteiger partial charge in [-0.15, -0.1) is 0 Å². The van der Waals surface area contributed by atoms with Crippen molar-refractivity contribution in [2.24, 2.45) is 5.73 Å². The monoisotopic (exact) mass is 262 g/mol. The molecule has 0 spiro atoms. The standard InChI is InChI=1S/C18H18N2/c19-18(11-10-14-5-4-12-20-13-14)17-9-3-7-15-6-1-2-8-16(15)17/h1-9,12-13,18H,10-11,19H2. The van der Waals surface area contributed by atoms with Crippen LogP contribution in [-0.2, 0) is 6.42 Å². The minimum absolute atomic E-state index is 0.0568. The third-order valence-corrected chi connectivity index (χ3v) is 3.69. The van der Waals surface area contributed by atoms with Crippen molar-refractivity contribution in [3.05, 3.63) is 78.1 Å². The maximum absolute atomic E-state index is 6.39. The molecule has 0 saturated carbocycles. The quantitative estimate of drug-likeness (QED) is 0.775. The molecule has 0 aliphatic heterocycles. The summed E-state index contributed by atoms with van der Waals surface area (Å²) in [6, 6.07) is 18.9. The number of nitrogens with zero attached hydrogens (tertiary/aromatic N) is 1. The molecule has 3 aromatic rings. The fourth-order valence-electron chi connectivity index (χ4n) is 2.60. The second-order valence-electron chi connectivity index (χ2n) is 5.07. The van der Waals surface area contributed by atoms with E-state index in [2.05, 4.69) is 53.5 Å². The number of hydrogen-bond acceptors (Lipinski definition) is 2. The van der Waals surface area contributed by atoms with E-state index in [1.54, 1.807) is 6.20 Å². The van der Waals surface area contributed by atoms with Crippen LogP contribution in [0.15, 0.2) is 67.0 Å². The van der Waals surface area contributed by atoms with Gasteiger partial charge in [-0.3, -0.25) is 4.98 Å². The molecule has 1 heterocycles. The Morgan fingerprint density at radius 2 is 1.80 bits per heavy atom. The first-order chi connectivity index (χ1) is 9.84. The highest BCUT2D eigenvalue weighted by molar-refractivity contribution is 5.86. The van der Waals surface area contributed by atoms with Crippen LogP contribution in [0.5, 0.6) is 0 Å². The molecule has 3 rings (SSSR count). The molecule has 2 heteroatoms. The van der Waals surface area contributed by atoms with Crippen LogP contribution in [-0.4, -0.2) is 4.98 Å². The SMILES string of the molecule is NC(CCc1cccnc1)c1cccc2ccccc12. The summed E-state index contributed by atoms with van der Waals surface area (Å²) in [5.41, 5.74) is 8.86. The van der Waals surface area contributed by atoms with E-state index in [1.807, 2.05) is 12.3 Å². The Morgan fingerprint density at radius 1 is 0.950 bits per heavy atom. The average molecular weight is 262 g/mol. The molecule has 20 heavy (non-hydrogen) atoms. The number of hydrogen-bond donors (Lipinski definition) is 1. The van der Waals surface area contributed by atoms with Crippen LogP contribution in [0, 0.1) is 0 Å². The lowest BCUT2D eigenvalue weighted by Gasteiger charge is -2.14. The van der Waals surface area contributed by atoms with Gasteiger partial charge < -0.3 is 5.73 Å². The minimum atomic E-state index is 0.0568. The first-order valence-corrected chi connectivity index (χ1v) is 6.97. The van der Waals surface area contributed by atoms with E-state index in [0.717, 1.165) is 12.8 Å². The number of benzene rings is 2. The molecule has 2 N–H and O–H groups in total. The summed E-state index contributed by atoms with van der Waals surface area (Å²) in [7, 11) is 0. The predicted octanol–water partition coefficient (Wildman–Crippen LogP) is 3.87. The molecule has 0 aliphatic rings. The van der Waals surface area contributed by atoms with Gasteiger partial charge in [0.2, 0.25) is 0 Å². The topological polar surface area (TPSA) is 38.9 Å². The van der Waals surface area contributed by atoms with Crippen LogP contribution in [0.3, 0.4) is 0 Å². The molecular weight excluding hydrogens is 244 g/mol. The molecule has 1 atom stereocenters.